The van der Waals surface area contributed by atoms with Crippen molar-refractivity contribution in [3.05, 3.63) is 24.2 Å². The third-order valence-electron chi connectivity index (χ3n) is 4.97. The first-order valence-electron chi connectivity index (χ1n) is 8.73. The Hall–Kier alpha value is -1.29. The minimum Gasteiger partial charge on any atom is -0.467 e. The lowest BCUT2D eigenvalue weighted by molar-refractivity contribution is -0.134. The summed E-state index contributed by atoms with van der Waals surface area (Å²) in [6, 6.07) is 3.81. The van der Waals surface area contributed by atoms with Crippen molar-refractivity contribution in [1.82, 2.24) is 4.90 Å². The zero-order chi connectivity index (χ0) is 15.2. The summed E-state index contributed by atoms with van der Waals surface area (Å²) in [5.41, 5.74) is 0. The molecule has 1 unspecified atom stereocenters. The SMILES string of the molecule is O=C(CCC1CCCC1)N(Cc1ccco1)CC1CCCO1. The van der Waals surface area contributed by atoms with Crippen LogP contribution in [-0.2, 0) is 16.1 Å². The second-order valence-electron chi connectivity index (χ2n) is 6.68. The van der Waals surface area contributed by atoms with Gasteiger partial charge in [0, 0.05) is 19.6 Å². The van der Waals surface area contributed by atoms with E-state index in [2.05, 4.69) is 0 Å². The molecule has 2 fully saturated rings. The van der Waals surface area contributed by atoms with E-state index in [0.717, 1.165) is 37.5 Å². The highest BCUT2D eigenvalue weighted by atomic mass is 16.5. The van der Waals surface area contributed by atoms with Crippen LogP contribution < -0.4 is 0 Å². The summed E-state index contributed by atoms with van der Waals surface area (Å²) in [6.07, 6.45) is 11.0. The fraction of sp³-hybridized carbons (Fsp3) is 0.722. The molecule has 1 saturated carbocycles. The summed E-state index contributed by atoms with van der Waals surface area (Å²) in [4.78, 5) is 14.6. The van der Waals surface area contributed by atoms with Gasteiger partial charge in [0.15, 0.2) is 0 Å². The van der Waals surface area contributed by atoms with Crippen LogP contribution in [0, 0.1) is 5.92 Å². The van der Waals surface area contributed by atoms with Crippen LogP contribution in [0.25, 0.3) is 0 Å². The van der Waals surface area contributed by atoms with Crippen molar-refractivity contribution in [2.45, 2.75) is 64.0 Å². The summed E-state index contributed by atoms with van der Waals surface area (Å²) in [5.74, 6) is 1.86. The number of furan rings is 1. The Labute approximate surface area is 132 Å². The molecule has 1 aliphatic heterocycles. The van der Waals surface area contributed by atoms with E-state index in [1.807, 2.05) is 17.0 Å². The molecule has 1 atom stereocenters. The average molecular weight is 305 g/mol. The fourth-order valence-corrected chi connectivity index (χ4v) is 3.66. The minimum atomic E-state index is 0.199. The molecule has 2 heterocycles. The lowest BCUT2D eigenvalue weighted by Crippen LogP contribution is -2.36. The summed E-state index contributed by atoms with van der Waals surface area (Å²) < 4.78 is 11.1. The Balaban J connectivity index is 1.54. The van der Waals surface area contributed by atoms with Crippen LogP contribution in [0.4, 0.5) is 0 Å². The molecule has 0 radical (unpaired) electrons. The first kappa shape index (κ1) is 15.6. The first-order chi connectivity index (χ1) is 10.8. The second kappa shape index (κ2) is 7.82. The Kier molecular flexibility index (Phi) is 5.54. The number of amides is 1. The molecule has 122 valence electrons. The maximum Gasteiger partial charge on any atom is 0.223 e. The molecule has 4 heteroatoms. The number of carbonyl (C=O) groups is 1. The van der Waals surface area contributed by atoms with E-state index < -0.39 is 0 Å². The minimum absolute atomic E-state index is 0.199. The van der Waals surface area contributed by atoms with Crippen LogP contribution in [0.2, 0.25) is 0 Å². The summed E-state index contributed by atoms with van der Waals surface area (Å²) in [5, 5.41) is 0. The van der Waals surface area contributed by atoms with Gasteiger partial charge in [-0.05, 0) is 37.3 Å². The Morgan fingerprint density at radius 2 is 2.09 bits per heavy atom. The fourth-order valence-electron chi connectivity index (χ4n) is 3.66. The molecule has 3 rings (SSSR count). The van der Waals surface area contributed by atoms with E-state index >= 15 is 0 Å². The molecule has 0 aromatic carbocycles. The van der Waals surface area contributed by atoms with E-state index in [9.17, 15) is 4.79 Å². The van der Waals surface area contributed by atoms with Crippen LogP contribution >= 0.6 is 0 Å². The molecule has 1 aromatic rings. The number of nitrogens with zero attached hydrogens (tertiary/aromatic N) is 1. The van der Waals surface area contributed by atoms with Gasteiger partial charge in [-0.2, -0.15) is 0 Å². The first-order valence-corrected chi connectivity index (χ1v) is 8.73. The van der Waals surface area contributed by atoms with Crippen molar-refractivity contribution in [3.8, 4) is 0 Å². The van der Waals surface area contributed by atoms with Crippen molar-refractivity contribution in [2.24, 2.45) is 5.92 Å². The van der Waals surface area contributed by atoms with Crippen LogP contribution in [-0.4, -0.2) is 30.1 Å². The van der Waals surface area contributed by atoms with Crippen LogP contribution in [0.15, 0.2) is 22.8 Å². The molecule has 0 N–H and O–H groups in total. The van der Waals surface area contributed by atoms with Crippen molar-refractivity contribution in [3.63, 3.8) is 0 Å². The molecule has 1 amide bonds. The number of carbonyl (C=O) groups excluding carboxylic acids is 1. The molecular formula is C18H27NO3. The Morgan fingerprint density at radius 1 is 1.23 bits per heavy atom. The maximum atomic E-state index is 12.6. The molecule has 2 aliphatic rings. The van der Waals surface area contributed by atoms with Gasteiger partial charge in [0.25, 0.3) is 0 Å². The highest BCUT2D eigenvalue weighted by Crippen LogP contribution is 2.29. The third kappa shape index (κ3) is 4.35. The number of hydrogen-bond donors (Lipinski definition) is 0. The van der Waals surface area contributed by atoms with Gasteiger partial charge in [-0.25, -0.2) is 0 Å². The summed E-state index contributed by atoms with van der Waals surface area (Å²) in [7, 11) is 0. The molecule has 1 aliphatic carbocycles. The van der Waals surface area contributed by atoms with Crippen LogP contribution in [0.1, 0.15) is 57.1 Å². The Morgan fingerprint density at radius 3 is 2.77 bits per heavy atom. The van der Waals surface area contributed by atoms with E-state index in [1.165, 1.54) is 25.7 Å². The van der Waals surface area contributed by atoms with Crippen LogP contribution in [0.3, 0.4) is 0 Å². The van der Waals surface area contributed by atoms with Crippen LogP contribution in [0.5, 0.6) is 0 Å². The molecule has 0 bridgehead atoms. The number of hydrogen-bond acceptors (Lipinski definition) is 3. The topological polar surface area (TPSA) is 42.7 Å². The normalized spacial score (nSPS) is 22.3. The zero-order valence-electron chi connectivity index (χ0n) is 13.3. The summed E-state index contributed by atoms with van der Waals surface area (Å²) >= 11 is 0. The van der Waals surface area contributed by atoms with E-state index in [-0.39, 0.29) is 12.0 Å². The predicted molar refractivity (Wildman–Crippen MR) is 84.3 cm³/mol. The molecule has 4 nitrogen and oxygen atoms in total. The van der Waals surface area contributed by atoms with Gasteiger partial charge in [0.05, 0.1) is 18.9 Å². The van der Waals surface area contributed by atoms with Gasteiger partial charge in [-0.15, -0.1) is 0 Å². The van der Waals surface area contributed by atoms with Gasteiger partial charge >= 0.3 is 0 Å². The zero-order valence-corrected chi connectivity index (χ0v) is 13.3. The molecule has 22 heavy (non-hydrogen) atoms. The van der Waals surface area contributed by atoms with Crippen molar-refractivity contribution in [2.75, 3.05) is 13.2 Å². The van der Waals surface area contributed by atoms with Gasteiger partial charge in [0.1, 0.15) is 5.76 Å². The molecule has 0 spiro atoms. The van der Waals surface area contributed by atoms with E-state index in [4.69, 9.17) is 9.15 Å². The van der Waals surface area contributed by atoms with Gasteiger partial charge in [-0.3, -0.25) is 4.79 Å². The monoisotopic (exact) mass is 305 g/mol. The standard InChI is InChI=1S/C18H27NO3/c20-18(10-9-15-5-1-2-6-15)19(13-16-7-3-11-21-16)14-17-8-4-12-22-17/h3,7,11,15,17H,1-2,4-6,8-10,12-14H2. The molecule has 1 aromatic heterocycles. The predicted octanol–water partition coefficient (Wildman–Crippen LogP) is 3.76. The highest BCUT2D eigenvalue weighted by Gasteiger charge is 2.24. The highest BCUT2D eigenvalue weighted by molar-refractivity contribution is 5.76. The molecular weight excluding hydrogens is 278 g/mol. The van der Waals surface area contributed by atoms with Crippen molar-refractivity contribution in [1.29, 1.82) is 0 Å². The van der Waals surface area contributed by atoms with Gasteiger partial charge < -0.3 is 14.1 Å². The summed E-state index contributed by atoms with van der Waals surface area (Å²) in [6.45, 7) is 2.09. The average Bonchev–Trinajstić information content (AvgIpc) is 3.27. The van der Waals surface area contributed by atoms with Crippen molar-refractivity contribution >= 4 is 5.91 Å². The Bertz CT molecular complexity index is 445. The largest absolute Gasteiger partial charge is 0.467 e. The van der Waals surface area contributed by atoms with Gasteiger partial charge in [0.2, 0.25) is 5.91 Å². The van der Waals surface area contributed by atoms with Crippen molar-refractivity contribution < 1.29 is 13.9 Å². The number of ether oxygens (including phenoxy) is 1. The smallest absolute Gasteiger partial charge is 0.223 e. The van der Waals surface area contributed by atoms with E-state index in [1.54, 1.807) is 6.26 Å². The lowest BCUT2D eigenvalue weighted by atomic mass is 10.0. The third-order valence-corrected chi connectivity index (χ3v) is 4.97. The molecule has 1 saturated heterocycles. The maximum absolute atomic E-state index is 12.6. The quantitative estimate of drug-likeness (QED) is 0.770. The lowest BCUT2D eigenvalue weighted by Gasteiger charge is -2.25. The number of rotatable bonds is 7. The second-order valence-corrected chi connectivity index (χ2v) is 6.68. The van der Waals surface area contributed by atoms with E-state index in [0.29, 0.717) is 19.5 Å². The van der Waals surface area contributed by atoms with Gasteiger partial charge in [-0.1, -0.05) is 25.7 Å².